The predicted molar refractivity (Wildman–Crippen MR) is 131 cm³/mol. The van der Waals surface area contributed by atoms with Crippen LogP contribution in [0.15, 0.2) is 39.5 Å². The van der Waals surface area contributed by atoms with E-state index in [1.807, 2.05) is 18.2 Å². The Morgan fingerprint density at radius 3 is 2.36 bits per heavy atom. The van der Waals surface area contributed by atoms with E-state index >= 15 is 0 Å². The van der Waals surface area contributed by atoms with Crippen LogP contribution in [0.25, 0.3) is 0 Å². The quantitative estimate of drug-likeness (QED) is 0.387. The molecule has 1 aromatic carbocycles. The molecule has 0 bridgehead atoms. The average Bonchev–Trinajstić information content (AvgIpc) is 2.85. The van der Waals surface area contributed by atoms with Gasteiger partial charge in [0.05, 0.1) is 25.4 Å². The molecule has 0 aliphatic heterocycles. The van der Waals surface area contributed by atoms with Crippen molar-refractivity contribution in [3.63, 3.8) is 0 Å². The number of rotatable bonds is 12. The number of ether oxygens (including phenoxy) is 2. The molecule has 0 spiro atoms. The van der Waals surface area contributed by atoms with E-state index in [1.165, 1.54) is 6.42 Å². The first-order valence-corrected chi connectivity index (χ1v) is 12.6. The molecule has 1 atom stereocenters. The lowest BCUT2D eigenvalue weighted by Crippen LogP contribution is -2.25. The van der Waals surface area contributed by atoms with Crippen molar-refractivity contribution < 1.29 is 19.0 Å². The van der Waals surface area contributed by atoms with E-state index in [9.17, 15) is 9.90 Å². The Balaban J connectivity index is 2.08. The van der Waals surface area contributed by atoms with Crippen LogP contribution in [0.2, 0.25) is 0 Å². The second-order valence-electron chi connectivity index (χ2n) is 9.15. The molecule has 1 N–H and O–H groups in total. The largest absolute Gasteiger partial charge is 0.507 e. The fraction of sp³-hybridized carbons (Fsp3) is 0.607. The van der Waals surface area contributed by atoms with Crippen LogP contribution in [-0.2, 0) is 15.9 Å². The molecule has 0 saturated heterocycles. The minimum absolute atomic E-state index is 0.0940. The number of aromatic hydroxyl groups is 1. The maximum atomic E-state index is 13.4. The third kappa shape index (κ3) is 6.27. The van der Waals surface area contributed by atoms with Gasteiger partial charge in [0.25, 0.3) is 0 Å². The molecule has 5 nitrogen and oxygen atoms in total. The highest BCUT2D eigenvalue weighted by molar-refractivity contribution is 5.47. The highest BCUT2D eigenvalue weighted by Crippen LogP contribution is 2.44. The molecule has 0 amide bonds. The van der Waals surface area contributed by atoms with E-state index in [0.29, 0.717) is 43.5 Å². The van der Waals surface area contributed by atoms with Gasteiger partial charge >= 0.3 is 5.63 Å². The van der Waals surface area contributed by atoms with E-state index in [0.717, 1.165) is 49.7 Å². The lowest BCUT2D eigenvalue weighted by molar-refractivity contribution is 0.0717. The molecule has 1 aromatic heterocycles. The van der Waals surface area contributed by atoms with Gasteiger partial charge in [-0.2, -0.15) is 0 Å². The van der Waals surface area contributed by atoms with Gasteiger partial charge in [-0.1, -0.05) is 63.4 Å². The molecule has 1 fully saturated rings. The molecule has 1 unspecified atom stereocenters. The average molecular weight is 457 g/mol. The van der Waals surface area contributed by atoms with Crippen LogP contribution in [0.1, 0.15) is 93.1 Å². The zero-order chi connectivity index (χ0) is 23.6. The lowest BCUT2D eigenvalue weighted by Gasteiger charge is -2.31. The monoisotopic (exact) mass is 456 g/mol. The Morgan fingerprint density at radius 1 is 1.03 bits per heavy atom. The summed E-state index contributed by atoms with van der Waals surface area (Å²) in [7, 11) is 1.65. The molecule has 2 aromatic rings. The third-order valence-electron chi connectivity index (χ3n) is 7.14. The van der Waals surface area contributed by atoms with Gasteiger partial charge in [0.2, 0.25) is 0 Å². The predicted octanol–water partition coefficient (Wildman–Crippen LogP) is 6.17. The van der Waals surface area contributed by atoms with Gasteiger partial charge in [0.1, 0.15) is 11.5 Å². The fourth-order valence-electron chi connectivity index (χ4n) is 5.32. The molecule has 1 aliphatic rings. The zero-order valence-corrected chi connectivity index (χ0v) is 20.5. The van der Waals surface area contributed by atoms with Crippen molar-refractivity contribution >= 4 is 0 Å². The Bertz CT molecular complexity index is 894. The summed E-state index contributed by atoms with van der Waals surface area (Å²) in [6.07, 6.45) is 7.87. The molecule has 33 heavy (non-hydrogen) atoms. The zero-order valence-electron chi connectivity index (χ0n) is 20.5. The van der Waals surface area contributed by atoms with Gasteiger partial charge in [-0.25, -0.2) is 4.79 Å². The summed E-state index contributed by atoms with van der Waals surface area (Å²) in [6, 6.07) is 10.1. The van der Waals surface area contributed by atoms with Gasteiger partial charge in [0.15, 0.2) is 0 Å². The summed E-state index contributed by atoms with van der Waals surface area (Å²) in [4.78, 5) is 13.4. The Labute approximate surface area is 198 Å². The second-order valence-corrected chi connectivity index (χ2v) is 9.15. The Morgan fingerprint density at radius 2 is 1.73 bits per heavy atom. The van der Waals surface area contributed by atoms with Gasteiger partial charge in [-0.15, -0.1) is 0 Å². The minimum atomic E-state index is -0.391. The van der Waals surface area contributed by atoms with Crippen molar-refractivity contribution in [3.8, 4) is 5.75 Å². The molecule has 1 heterocycles. The maximum absolute atomic E-state index is 13.4. The van der Waals surface area contributed by atoms with Crippen LogP contribution in [0.5, 0.6) is 5.75 Å². The van der Waals surface area contributed by atoms with Gasteiger partial charge in [0, 0.05) is 30.9 Å². The molecular formula is C28H40O5. The van der Waals surface area contributed by atoms with Gasteiger partial charge in [-0.05, 0) is 37.2 Å². The standard InChI is InChI=1S/C28H40O5/c1-4-20(5-2)27-23(16-17-32-19-18-31-3)26(29)25(28(30)33-27)24(21-12-8-6-9-13-21)22-14-10-7-11-15-22/h6,8-9,12-13,20,22,24,29H,4-5,7,10-11,14-19H2,1-3H3. The molecule has 3 rings (SSSR count). The van der Waals surface area contributed by atoms with Crippen LogP contribution in [-0.4, -0.2) is 32.0 Å². The first-order valence-electron chi connectivity index (χ1n) is 12.6. The third-order valence-corrected chi connectivity index (χ3v) is 7.14. The summed E-state index contributed by atoms with van der Waals surface area (Å²) in [5.41, 5.74) is 1.84. The van der Waals surface area contributed by atoms with E-state index < -0.39 is 5.63 Å². The van der Waals surface area contributed by atoms with E-state index in [1.54, 1.807) is 7.11 Å². The lowest BCUT2D eigenvalue weighted by atomic mass is 9.73. The van der Waals surface area contributed by atoms with Gasteiger partial charge < -0.3 is 19.0 Å². The van der Waals surface area contributed by atoms with E-state index in [2.05, 4.69) is 26.0 Å². The summed E-state index contributed by atoms with van der Waals surface area (Å²) in [5, 5.41) is 11.6. The summed E-state index contributed by atoms with van der Waals surface area (Å²) in [5.74, 6) is 0.989. The van der Waals surface area contributed by atoms with Crippen molar-refractivity contribution in [2.75, 3.05) is 26.9 Å². The Kier molecular flexibility index (Phi) is 10.0. The normalized spacial score (nSPS) is 15.8. The minimum Gasteiger partial charge on any atom is -0.507 e. The van der Waals surface area contributed by atoms with Crippen LogP contribution in [0.4, 0.5) is 0 Å². The summed E-state index contributed by atoms with van der Waals surface area (Å²) < 4.78 is 16.8. The van der Waals surface area contributed by atoms with Crippen LogP contribution in [0, 0.1) is 5.92 Å². The summed E-state index contributed by atoms with van der Waals surface area (Å²) >= 11 is 0. The fourth-order valence-corrected chi connectivity index (χ4v) is 5.32. The highest BCUT2D eigenvalue weighted by Gasteiger charge is 2.34. The van der Waals surface area contributed by atoms with E-state index in [-0.39, 0.29) is 17.6 Å². The van der Waals surface area contributed by atoms with Crippen molar-refractivity contribution in [1.29, 1.82) is 0 Å². The highest BCUT2D eigenvalue weighted by atomic mass is 16.5. The number of hydrogen-bond donors (Lipinski definition) is 1. The molecule has 1 aliphatic carbocycles. The number of hydrogen-bond acceptors (Lipinski definition) is 5. The van der Waals surface area contributed by atoms with Crippen LogP contribution >= 0.6 is 0 Å². The second kappa shape index (κ2) is 13.0. The molecule has 1 saturated carbocycles. The number of methoxy groups -OCH3 is 1. The SMILES string of the molecule is CCC(CC)c1oc(=O)c(C(c2ccccc2)C2CCCCC2)c(O)c1CCOCCOC. The summed E-state index contributed by atoms with van der Waals surface area (Å²) in [6.45, 7) is 5.64. The van der Waals surface area contributed by atoms with Crippen LogP contribution < -0.4 is 5.63 Å². The first kappa shape index (κ1) is 25.5. The molecule has 182 valence electrons. The first-order chi connectivity index (χ1) is 16.1. The maximum Gasteiger partial charge on any atom is 0.343 e. The number of benzene rings is 1. The van der Waals surface area contributed by atoms with Crippen molar-refractivity contribution in [2.24, 2.45) is 5.92 Å². The van der Waals surface area contributed by atoms with Crippen LogP contribution in [0.3, 0.4) is 0 Å². The van der Waals surface area contributed by atoms with Gasteiger partial charge in [-0.3, -0.25) is 0 Å². The van der Waals surface area contributed by atoms with Crippen molar-refractivity contribution in [2.45, 2.75) is 77.0 Å². The Hall–Kier alpha value is -2.11. The van der Waals surface area contributed by atoms with E-state index in [4.69, 9.17) is 13.9 Å². The molecule has 5 heteroatoms. The molecule has 0 radical (unpaired) electrons. The smallest absolute Gasteiger partial charge is 0.343 e. The molecular weight excluding hydrogens is 416 g/mol. The van der Waals surface area contributed by atoms with Crippen molar-refractivity contribution in [1.82, 2.24) is 0 Å². The van der Waals surface area contributed by atoms with Crippen molar-refractivity contribution in [3.05, 3.63) is 63.2 Å². The topological polar surface area (TPSA) is 68.9 Å².